The van der Waals surface area contributed by atoms with Gasteiger partial charge in [-0.1, -0.05) is 18.2 Å². The molecule has 6 nitrogen and oxygen atoms in total. The van der Waals surface area contributed by atoms with E-state index in [-0.39, 0.29) is 12.1 Å². The summed E-state index contributed by atoms with van der Waals surface area (Å²) >= 11 is 0. The largest absolute Gasteiger partial charge is 0.404 e. The van der Waals surface area contributed by atoms with Crippen LogP contribution in [0, 0.1) is 0 Å². The molecule has 106 valence electrons. The van der Waals surface area contributed by atoms with E-state index in [9.17, 15) is 0 Å². The predicted molar refractivity (Wildman–Crippen MR) is 78.3 cm³/mol. The zero-order chi connectivity index (χ0) is 14.7. The average molecular weight is 281 g/mol. The molecule has 3 rings (SSSR count). The molecule has 0 saturated heterocycles. The number of benzene rings is 1. The first-order chi connectivity index (χ1) is 10.2. The van der Waals surface area contributed by atoms with Crippen molar-refractivity contribution in [1.82, 2.24) is 19.7 Å². The summed E-state index contributed by atoms with van der Waals surface area (Å²) in [5, 5.41) is 4.26. The van der Waals surface area contributed by atoms with E-state index in [0.29, 0.717) is 5.88 Å². The molecular weight excluding hydrogens is 266 g/mol. The molecule has 2 aromatic heterocycles. The molecule has 0 amide bonds. The summed E-state index contributed by atoms with van der Waals surface area (Å²) in [5.41, 5.74) is 7.70. The standard InChI is InChI=1S/C15H15N5O/c1-11(16)12-7-8-17-14(9-12)21-15-18-10-20(19-15)13-5-3-2-4-6-13/h2-11H,16H2,1H3/t11-/m0/s1. The van der Waals surface area contributed by atoms with Crippen molar-refractivity contribution in [3.63, 3.8) is 0 Å². The second-order valence-electron chi connectivity index (χ2n) is 4.63. The number of nitrogens with two attached hydrogens (primary N) is 1. The van der Waals surface area contributed by atoms with E-state index in [1.54, 1.807) is 23.3 Å². The van der Waals surface area contributed by atoms with E-state index in [4.69, 9.17) is 10.5 Å². The van der Waals surface area contributed by atoms with Crippen LogP contribution in [0.4, 0.5) is 0 Å². The van der Waals surface area contributed by atoms with Crippen LogP contribution in [0.3, 0.4) is 0 Å². The van der Waals surface area contributed by atoms with E-state index in [2.05, 4.69) is 15.1 Å². The second kappa shape index (κ2) is 5.72. The van der Waals surface area contributed by atoms with Crippen LogP contribution in [0.2, 0.25) is 0 Å². The normalized spacial score (nSPS) is 12.1. The SMILES string of the molecule is C[C@H](N)c1ccnc(Oc2ncn(-c3ccccc3)n2)c1. The maximum absolute atomic E-state index is 5.84. The van der Waals surface area contributed by atoms with Gasteiger partial charge in [-0.05, 0) is 30.7 Å². The first-order valence-electron chi connectivity index (χ1n) is 6.59. The number of nitrogens with zero attached hydrogens (tertiary/aromatic N) is 4. The molecular formula is C15H15N5O. The van der Waals surface area contributed by atoms with Gasteiger partial charge in [0.15, 0.2) is 0 Å². The van der Waals surface area contributed by atoms with Gasteiger partial charge in [-0.15, -0.1) is 5.10 Å². The molecule has 0 bridgehead atoms. The van der Waals surface area contributed by atoms with Gasteiger partial charge < -0.3 is 10.5 Å². The lowest BCUT2D eigenvalue weighted by Gasteiger charge is -2.06. The third kappa shape index (κ3) is 3.06. The van der Waals surface area contributed by atoms with E-state index >= 15 is 0 Å². The summed E-state index contributed by atoms with van der Waals surface area (Å²) in [6.45, 7) is 1.90. The smallest absolute Gasteiger partial charge is 0.342 e. The molecule has 0 fully saturated rings. The summed E-state index contributed by atoms with van der Waals surface area (Å²) < 4.78 is 7.21. The number of ether oxygens (including phenoxy) is 1. The quantitative estimate of drug-likeness (QED) is 0.794. The molecule has 0 aliphatic carbocycles. The number of hydrogen-bond donors (Lipinski definition) is 1. The van der Waals surface area contributed by atoms with Crippen molar-refractivity contribution < 1.29 is 4.74 Å². The fourth-order valence-electron chi connectivity index (χ4n) is 1.86. The lowest BCUT2D eigenvalue weighted by atomic mass is 10.1. The Labute approximate surface area is 122 Å². The van der Waals surface area contributed by atoms with Crippen LogP contribution in [0.5, 0.6) is 11.9 Å². The van der Waals surface area contributed by atoms with Crippen LogP contribution in [-0.2, 0) is 0 Å². The summed E-state index contributed by atoms with van der Waals surface area (Å²) in [7, 11) is 0. The summed E-state index contributed by atoms with van der Waals surface area (Å²) in [4.78, 5) is 8.25. The molecule has 0 saturated carbocycles. The third-order valence-electron chi connectivity index (χ3n) is 2.97. The van der Waals surface area contributed by atoms with E-state index in [0.717, 1.165) is 11.3 Å². The van der Waals surface area contributed by atoms with E-state index < -0.39 is 0 Å². The van der Waals surface area contributed by atoms with Gasteiger partial charge in [-0.3, -0.25) is 0 Å². The lowest BCUT2D eigenvalue weighted by Crippen LogP contribution is -2.05. The first-order valence-corrected chi connectivity index (χ1v) is 6.59. The van der Waals surface area contributed by atoms with Crippen molar-refractivity contribution in [2.75, 3.05) is 0 Å². The van der Waals surface area contributed by atoms with Gasteiger partial charge in [0, 0.05) is 18.3 Å². The molecule has 1 atom stereocenters. The Morgan fingerprint density at radius 3 is 2.71 bits per heavy atom. The van der Waals surface area contributed by atoms with Gasteiger partial charge in [0.2, 0.25) is 5.88 Å². The Morgan fingerprint density at radius 2 is 1.95 bits per heavy atom. The first kappa shape index (κ1) is 13.3. The highest BCUT2D eigenvalue weighted by Gasteiger charge is 2.07. The summed E-state index contributed by atoms with van der Waals surface area (Å²) in [5.74, 6) is 0.426. The summed E-state index contributed by atoms with van der Waals surface area (Å²) in [6.07, 6.45) is 3.25. The zero-order valence-corrected chi connectivity index (χ0v) is 11.5. The highest BCUT2D eigenvalue weighted by molar-refractivity contribution is 5.30. The number of aromatic nitrogens is 4. The Balaban J connectivity index is 1.80. The molecule has 0 unspecified atom stereocenters. The van der Waals surface area contributed by atoms with Crippen molar-refractivity contribution >= 4 is 0 Å². The third-order valence-corrected chi connectivity index (χ3v) is 2.97. The minimum atomic E-state index is -0.0785. The zero-order valence-electron chi connectivity index (χ0n) is 11.5. The molecule has 3 aromatic rings. The van der Waals surface area contributed by atoms with Crippen LogP contribution >= 0.6 is 0 Å². The van der Waals surface area contributed by atoms with Crippen LogP contribution in [-0.4, -0.2) is 19.7 Å². The molecule has 0 aliphatic heterocycles. The molecule has 21 heavy (non-hydrogen) atoms. The van der Waals surface area contributed by atoms with Crippen molar-refractivity contribution in [3.8, 4) is 17.6 Å². The van der Waals surface area contributed by atoms with Gasteiger partial charge in [0.05, 0.1) is 5.69 Å². The molecule has 0 radical (unpaired) electrons. The Bertz CT molecular complexity index is 724. The van der Waals surface area contributed by atoms with Gasteiger partial charge in [-0.2, -0.15) is 4.98 Å². The van der Waals surface area contributed by atoms with Crippen LogP contribution < -0.4 is 10.5 Å². The minimum Gasteiger partial charge on any atom is -0.404 e. The molecule has 0 aliphatic rings. The molecule has 6 heteroatoms. The molecule has 1 aromatic carbocycles. The number of hydrogen-bond acceptors (Lipinski definition) is 5. The highest BCUT2D eigenvalue weighted by atomic mass is 16.5. The number of rotatable bonds is 4. The number of pyridine rings is 1. The Kier molecular flexibility index (Phi) is 3.61. The van der Waals surface area contributed by atoms with Crippen molar-refractivity contribution in [2.24, 2.45) is 5.73 Å². The lowest BCUT2D eigenvalue weighted by molar-refractivity contribution is 0.423. The van der Waals surface area contributed by atoms with Crippen molar-refractivity contribution in [1.29, 1.82) is 0 Å². The molecule has 0 spiro atoms. The van der Waals surface area contributed by atoms with Gasteiger partial charge in [-0.25, -0.2) is 9.67 Å². The summed E-state index contributed by atoms with van der Waals surface area (Å²) in [6, 6.07) is 13.5. The van der Waals surface area contributed by atoms with Crippen LogP contribution in [0.25, 0.3) is 5.69 Å². The maximum Gasteiger partial charge on any atom is 0.342 e. The number of para-hydroxylation sites is 1. The fourth-order valence-corrected chi connectivity index (χ4v) is 1.86. The predicted octanol–water partition coefficient (Wildman–Crippen LogP) is 2.47. The van der Waals surface area contributed by atoms with Crippen molar-refractivity contribution in [3.05, 3.63) is 60.6 Å². The fraction of sp³-hybridized carbons (Fsp3) is 0.133. The van der Waals surface area contributed by atoms with Gasteiger partial charge in [0.25, 0.3) is 0 Å². The van der Waals surface area contributed by atoms with E-state index in [1.807, 2.05) is 43.3 Å². The minimum absolute atomic E-state index is 0.0785. The average Bonchev–Trinajstić information content (AvgIpc) is 2.97. The van der Waals surface area contributed by atoms with Crippen LogP contribution in [0.15, 0.2) is 55.0 Å². The molecule has 2 N–H and O–H groups in total. The maximum atomic E-state index is 5.84. The monoisotopic (exact) mass is 281 g/mol. The highest BCUT2D eigenvalue weighted by Crippen LogP contribution is 2.19. The van der Waals surface area contributed by atoms with Gasteiger partial charge >= 0.3 is 6.01 Å². The molecule has 2 heterocycles. The van der Waals surface area contributed by atoms with Gasteiger partial charge in [0.1, 0.15) is 6.33 Å². The topological polar surface area (TPSA) is 78.9 Å². The second-order valence-corrected chi connectivity index (χ2v) is 4.63. The van der Waals surface area contributed by atoms with Crippen molar-refractivity contribution in [2.45, 2.75) is 13.0 Å². The van der Waals surface area contributed by atoms with E-state index in [1.165, 1.54) is 0 Å². The van der Waals surface area contributed by atoms with Crippen LogP contribution in [0.1, 0.15) is 18.5 Å². The Morgan fingerprint density at radius 1 is 1.14 bits per heavy atom. The Hall–Kier alpha value is -2.73.